The Labute approximate surface area is 207 Å². The van der Waals surface area contributed by atoms with Gasteiger partial charge in [0, 0.05) is 25.5 Å². The van der Waals surface area contributed by atoms with Gasteiger partial charge in [0.05, 0.1) is 0 Å². The molecule has 3 rings (SSSR count). The van der Waals surface area contributed by atoms with Gasteiger partial charge in [0.25, 0.3) is 0 Å². The maximum Gasteiger partial charge on any atom is 0.135 e. The van der Waals surface area contributed by atoms with E-state index in [0.717, 1.165) is 11.6 Å². The molecule has 0 unspecified atom stereocenters. The van der Waals surface area contributed by atoms with Crippen LogP contribution in [0.2, 0.25) is 0 Å². The Bertz CT molecular complexity index is 974. The summed E-state index contributed by atoms with van der Waals surface area (Å²) in [7, 11) is 4.31. The summed E-state index contributed by atoms with van der Waals surface area (Å²) in [6.07, 6.45) is 0. The maximum absolute atomic E-state index is 5.18. The van der Waals surface area contributed by atoms with Gasteiger partial charge in [-0.1, -0.05) is 97.9 Å². The molecule has 0 N–H and O–H groups in total. The number of para-hydroxylation sites is 2. The lowest BCUT2D eigenvalue weighted by molar-refractivity contribution is 0.823. The quantitative estimate of drug-likeness (QED) is 0.336. The van der Waals surface area contributed by atoms with E-state index in [1.165, 1.54) is 33.6 Å². The average Bonchev–Trinajstić information content (AvgIpc) is 2.81. The van der Waals surface area contributed by atoms with Gasteiger partial charge in [0.15, 0.2) is 0 Å². The molecule has 34 heavy (non-hydrogen) atoms. The smallest absolute Gasteiger partial charge is 0.135 e. The van der Waals surface area contributed by atoms with Crippen LogP contribution < -0.4 is 9.80 Å². The number of anilines is 4. The van der Waals surface area contributed by atoms with Crippen molar-refractivity contribution in [3.63, 3.8) is 0 Å². The third-order valence-corrected chi connectivity index (χ3v) is 6.76. The summed E-state index contributed by atoms with van der Waals surface area (Å²) in [5.74, 6) is 3.68. The van der Waals surface area contributed by atoms with E-state index >= 15 is 0 Å². The second kappa shape index (κ2) is 10.6. The summed E-state index contributed by atoms with van der Waals surface area (Å²) < 4.78 is 0. The lowest BCUT2D eigenvalue weighted by atomic mass is 9.92. The molecule has 1 heterocycles. The molecular weight excluding hydrogens is 414 g/mol. The zero-order valence-electron chi connectivity index (χ0n) is 22.8. The molecule has 3 aromatic rings. The summed E-state index contributed by atoms with van der Waals surface area (Å²) in [4.78, 5) is 9.73. The first kappa shape index (κ1) is 25.8. The van der Waals surface area contributed by atoms with Crippen LogP contribution in [0, 0.1) is 0 Å². The molecule has 0 bridgehead atoms. The van der Waals surface area contributed by atoms with Crippen LogP contribution in [0.5, 0.6) is 0 Å². The van der Waals surface area contributed by atoms with Gasteiger partial charge < -0.3 is 9.80 Å². The van der Waals surface area contributed by atoms with E-state index in [0.29, 0.717) is 23.7 Å². The minimum absolute atomic E-state index is 0.438. The van der Waals surface area contributed by atoms with Crippen molar-refractivity contribution in [2.75, 3.05) is 23.9 Å². The van der Waals surface area contributed by atoms with E-state index in [9.17, 15) is 0 Å². The van der Waals surface area contributed by atoms with Crippen molar-refractivity contribution >= 4 is 23.0 Å². The average molecular weight is 458 g/mol. The second-order valence-electron chi connectivity index (χ2n) is 10.7. The zero-order chi connectivity index (χ0) is 25.2. The van der Waals surface area contributed by atoms with Crippen LogP contribution in [0.3, 0.4) is 0 Å². The highest BCUT2D eigenvalue weighted by Gasteiger charge is 2.22. The van der Waals surface area contributed by atoms with Crippen LogP contribution >= 0.6 is 0 Å². The fourth-order valence-corrected chi connectivity index (χ4v) is 4.81. The molecule has 0 radical (unpaired) electrons. The molecule has 0 fully saturated rings. The van der Waals surface area contributed by atoms with Crippen LogP contribution in [0.1, 0.15) is 101 Å². The van der Waals surface area contributed by atoms with Crippen molar-refractivity contribution in [3.8, 4) is 0 Å². The Morgan fingerprint density at radius 3 is 1.00 bits per heavy atom. The highest BCUT2D eigenvalue weighted by Crippen LogP contribution is 2.40. The lowest BCUT2D eigenvalue weighted by Crippen LogP contribution is -2.20. The van der Waals surface area contributed by atoms with Crippen molar-refractivity contribution in [1.82, 2.24) is 4.98 Å². The molecule has 1 aromatic heterocycles. The van der Waals surface area contributed by atoms with E-state index < -0.39 is 0 Å². The van der Waals surface area contributed by atoms with Crippen LogP contribution in [0.25, 0.3) is 0 Å². The molecule has 182 valence electrons. The van der Waals surface area contributed by atoms with Gasteiger partial charge in [-0.05, 0) is 58.1 Å². The largest absolute Gasteiger partial charge is 0.329 e. The van der Waals surface area contributed by atoms with Crippen molar-refractivity contribution in [1.29, 1.82) is 0 Å². The van der Waals surface area contributed by atoms with Crippen molar-refractivity contribution in [3.05, 3.63) is 76.9 Å². The minimum Gasteiger partial charge on any atom is -0.329 e. The predicted octanol–water partition coefficient (Wildman–Crippen LogP) is 9.11. The normalized spacial score (nSPS) is 11.7. The summed E-state index contributed by atoms with van der Waals surface area (Å²) in [5.41, 5.74) is 8.02. The van der Waals surface area contributed by atoms with Crippen LogP contribution in [0.15, 0.2) is 54.6 Å². The Balaban J connectivity index is 2.12. The van der Waals surface area contributed by atoms with Gasteiger partial charge in [0.2, 0.25) is 0 Å². The Kier molecular flexibility index (Phi) is 8.07. The summed E-state index contributed by atoms with van der Waals surface area (Å²) in [6, 6.07) is 19.8. The third-order valence-electron chi connectivity index (χ3n) is 6.76. The predicted molar refractivity (Wildman–Crippen MR) is 150 cm³/mol. The van der Waals surface area contributed by atoms with Crippen molar-refractivity contribution in [2.45, 2.75) is 79.1 Å². The first-order valence-corrected chi connectivity index (χ1v) is 12.7. The highest BCUT2D eigenvalue weighted by molar-refractivity contribution is 5.72. The molecule has 0 saturated heterocycles. The number of aromatic nitrogens is 1. The first-order chi connectivity index (χ1) is 16.0. The zero-order valence-corrected chi connectivity index (χ0v) is 22.8. The number of pyridine rings is 1. The molecule has 0 aliphatic rings. The van der Waals surface area contributed by atoms with Gasteiger partial charge in [-0.15, -0.1) is 0 Å². The van der Waals surface area contributed by atoms with Crippen LogP contribution in [0.4, 0.5) is 23.0 Å². The number of rotatable bonds is 8. The molecule has 0 spiro atoms. The van der Waals surface area contributed by atoms with Gasteiger partial charge in [0.1, 0.15) is 11.6 Å². The molecule has 3 nitrogen and oxygen atoms in total. The van der Waals surface area contributed by atoms with Gasteiger partial charge in [-0.2, -0.15) is 0 Å². The summed E-state index contributed by atoms with van der Waals surface area (Å²) in [6.45, 7) is 18.1. The van der Waals surface area contributed by atoms with Gasteiger partial charge >= 0.3 is 0 Å². The number of benzene rings is 2. The number of hydrogen-bond acceptors (Lipinski definition) is 3. The van der Waals surface area contributed by atoms with Crippen molar-refractivity contribution < 1.29 is 0 Å². The molecule has 0 saturated carbocycles. The molecule has 3 heteroatoms. The van der Waals surface area contributed by atoms with Crippen LogP contribution in [-0.4, -0.2) is 19.1 Å². The monoisotopic (exact) mass is 457 g/mol. The number of hydrogen-bond donors (Lipinski definition) is 0. The summed E-state index contributed by atoms with van der Waals surface area (Å²) in [5, 5.41) is 0. The van der Waals surface area contributed by atoms with E-state index in [2.05, 4.69) is 134 Å². The van der Waals surface area contributed by atoms with E-state index in [1.54, 1.807) is 0 Å². The maximum atomic E-state index is 5.18. The SMILES string of the molecule is CC(C)c1cccc(C(C)C)c1N(C)c1cccc(N(C)c2c(C(C)C)cccc2C(C)C)n1. The van der Waals surface area contributed by atoms with E-state index in [4.69, 9.17) is 4.98 Å². The standard InChI is InChI=1S/C31H43N3/c1-20(2)24-14-11-15-25(21(3)4)30(24)33(9)28-18-13-19-29(32-28)34(10)31-26(22(5)6)16-12-17-27(31)23(7)8/h11-23H,1-10H3. The molecule has 0 atom stereocenters. The van der Waals surface area contributed by atoms with Crippen molar-refractivity contribution in [2.24, 2.45) is 0 Å². The lowest BCUT2D eigenvalue weighted by Gasteiger charge is -2.30. The van der Waals surface area contributed by atoms with Gasteiger partial charge in [-0.3, -0.25) is 0 Å². The topological polar surface area (TPSA) is 19.4 Å². The molecule has 2 aromatic carbocycles. The minimum atomic E-state index is 0.438. The van der Waals surface area contributed by atoms with Gasteiger partial charge in [-0.25, -0.2) is 4.98 Å². The number of nitrogens with zero attached hydrogens (tertiary/aromatic N) is 3. The van der Waals surface area contributed by atoms with E-state index in [1.807, 2.05) is 0 Å². The molecule has 0 aliphatic carbocycles. The third kappa shape index (κ3) is 5.14. The second-order valence-corrected chi connectivity index (χ2v) is 10.7. The Hall–Kier alpha value is -2.81. The Morgan fingerprint density at radius 2 is 0.735 bits per heavy atom. The fraction of sp³-hybridized carbons (Fsp3) is 0.452. The highest BCUT2D eigenvalue weighted by atomic mass is 15.2. The summed E-state index contributed by atoms with van der Waals surface area (Å²) >= 11 is 0. The van der Waals surface area contributed by atoms with Crippen LogP contribution in [-0.2, 0) is 0 Å². The Morgan fingerprint density at radius 1 is 0.471 bits per heavy atom. The molecular formula is C31H43N3. The van der Waals surface area contributed by atoms with E-state index in [-0.39, 0.29) is 0 Å². The first-order valence-electron chi connectivity index (χ1n) is 12.7. The molecule has 0 amide bonds. The fourth-order valence-electron chi connectivity index (χ4n) is 4.81. The molecule has 0 aliphatic heterocycles.